The van der Waals surface area contributed by atoms with Gasteiger partial charge in [0.2, 0.25) is 0 Å². The molecule has 0 saturated heterocycles. The standard InChI is InChI=1S/C14H10FN/c15-12-5-3-4-11(10-12)14-8-7-13-6-1-2-9-16(13)14/h1-10H. The third-order valence-electron chi connectivity index (χ3n) is 2.68. The van der Waals surface area contributed by atoms with E-state index >= 15 is 0 Å². The van der Waals surface area contributed by atoms with Crippen LogP contribution in [0.25, 0.3) is 16.8 Å². The molecule has 16 heavy (non-hydrogen) atoms. The molecule has 2 aromatic heterocycles. The quantitative estimate of drug-likeness (QED) is 0.577. The minimum absolute atomic E-state index is 0.205. The van der Waals surface area contributed by atoms with Crippen molar-refractivity contribution in [3.63, 3.8) is 0 Å². The number of halogens is 1. The summed E-state index contributed by atoms with van der Waals surface area (Å²) in [6, 6.07) is 16.7. The van der Waals surface area contributed by atoms with Crippen LogP contribution in [0.5, 0.6) is 0 Å². The molecule has 1 aromatic carbocycles. The highest BCUT2D eigenvalue weighted by Gasteiger charge is 2.03. The van der Waals surface area contributed by atoms with Gasteiger partial charge >= 0.3 is 0 Å². The van der Waals surface area contributed by atoms with Crippen molar-refractivity contribution < 1.29 is 4.39 Å². The molecule has 2 heteroatoms. The smallest absolute Gasteiger partial charge is 0.123 e. The Hall–Kier alpha value is -2.09. The van der Waals surface area contributed by atoms with Gasteiger partial charge in [-0.15, -0.1) is 0 Å². The second-order valence-electron chi connectivity index (χ2n) is 3.72. The molecule has 0 saturated carbocycles. The van der Waals surface area contributed by atoms with E-state index in [2.05, 4.69) is 4.40 Å². The van der Waals surface area contributed by atoms with E-state index in [9.17, 15) is 4.39 Å². The van der Waals surface area contributed by atoms with Gasteiger partial charge < -0.3 is 4.40 Å². The van der Waals surface area contributed by atoms with Gasteiger partial charge in [0.15, 0.2) is 0 Å². The summed E-state index contributed by atoms with van der Waals surface area (Å²) in [5.41, 5.74) is 3.02. The zero-order valence-corrected chi connectivity index (χ0v) is 8.60. The lowest BCUT2D eigenvalue weighted by Gasteiger charge is -2.02. The van der Waals surface area contributed by atoms with E-state index in [1.54, 1.807) is 12.1 Å². The average Bonchev–Trinajstić information content (AvgIpc) is 2.72. The number of benzene rings is 1. The van der Waals surface area contributed by atoms with Crippen LogP contribution < -0.4 is 0 Å². The second-order valence-corrected chi connectivity index (χ2v) is 3.72. The molecule has 0 aliphatic carbocycles. The van der Waals surface area contributed by atoms with Gasteiger partial charge in [0, 0.05) is 17.3 Å². The molecular formula is C14H10FN. The highest BCUT2D eigenvalue weighted by molar-refractivity contribution is 5.67. The van der Waals surface area contributed by atoms with E-state index in [0.717, 1.165) is 16.8 Å². The number of nitrogens with zero attached hydrogens (tertiary/aromatic N) is 1. The van der Waals surface area contributed by atoms with Gasteiger partial charge in [0.05, 0.1) is 5.69 Å². The van der Waals surface area contributed by atoms with Crippen molar-refractivity contribution >= 4 is 5.52 Å². The summed E-state index contributed by atoms with van der Waals surface area (Å²) in [4.78, 5) is 0. The molecular weight excluding hydrogens is 201 g/mol. The summed E-state index contributed by atoms with van der Waals surface area (Å²) in [6.07, 6.45) is 1.98. The SMILES string of the molecule is Fc1cccc(-c2ccc3ccccn23)c1. The van der Waals surface area contributed by atoms with Gasteiger partial charge in [-0.2, -0.15) is 0 Å². The van der Waals surface area contributed by atoms with Gasteiger partial charge in [0.1, 0.15) is 5.82 Å². The molecule has 0 radical (unpaired) electrons. The van der Waals surface area contributed by atoms with Gasteiger partial charge in [-0.25, -0.2) is 4.39 Å². The molecule has 0 fully saturated rings. The van der Waals surface area contributed by atoms with Crippen LogP contribution >= 0.6 is 0 Å². The number of hydrogen-bond acceptors (Lipinski definition) is 0. The Morgan fingerprint density at radius 3 is 2.69 bits per heavy atom. The lowest BCUT2D eigenvalue weighted by Crippen LogP contribution is -1.87. The van der Waals surface area contributed by atoms with Crippen molar-refractivity contribution in [3.8, 4) is 11.3 Å². The fourth-order valence-corrected chi connectivity index (χ4v) is 1.94. The van der Waals surface area contributed by atoms with Crippen LogP contribution in [0.1, 0.15) is 0 Å². The Morgan fingerprint density at radius 1 is 0.875 bits per heavy atom. The zero-order valence-electron chi connectivity index (χ0n) is 8.60. The van der Waals surface area contributed by atoms with Crippen LogP contribution in [0.2, 0.25) is 0 Å². The third kappa shape index (κ3) is 1.39. The molecule has 2 heterocycles. The summed E-state index contributed by atoms with van der Waals surface area (Å²) in [5, 5.41) is 0. The highest BCUT2D eigenvalue weighted by atomic mass is 19.1. The molecule has 78 valence electrons. The van der Waals surface area contributed by atoms with Crippen molar-refractivity contribution in [1.29, 1.82) is 0 Å². The van der Waals surface area contributed by atoms with Gasteiger partial charge in [-0.1, -0.05) is 18.2 Å². The predicted octanol–water partition coefficient (Wildman–Crippen LogP) is 3.75. The Morgan fingerprint density at radius 2 is 1.81 bits per heavy atom. The summed E-state index contributed by atoms with van der Waals surface area (Å²) in [7, 11) is 0. The first-order valence-electron chi connectivity index (χ1n) is 5.17. The molecule has 1 nitrogen and oxygen atoms in total. The Kier molecular flexibility index (Phi) is 2.00. The Labute approximate surface area is 92.8 Å². The molecule has 3 aromatic rings. The van der Waals surface area contributed by atoms with Gasteiger partial charge in [-0.05, 0) is 36.4 Å². The Balaban J connectivity index is 2.26. The van der Waals surface area contributed by atoms with E-state index in [0.29, 0.717) is 0 Å². The van der Waals surface area contributed by atoms with E-state index in [1.165, 1.54) is 6.07 Å². The Bertz CT molecular complexity index is 640. The van der Waals surface area contributed by atoms with Gasteiger partial charge in [0.25, 0.3) is 0 Å². The maximum atomic E-state index is 13.1. The average molecular weight is 211 g/mol. The maximum Gasteiger partial charge on any atom is 0.123 e. The van der Waals surface area contributed by atoms with Crippen molar-refractivity contribution in [2.75, 3.05) is 0 Å². The first-order valence-corrected chi connectivity index (χ1v) is 5.17. The van der Waals surface area contributed by atoms with Crippen molar-refractivity contribution in [3.05, 3.63) is 66.6 Å². The lowest BCUT2D eigenvalue weighted by molar-refractivity contribution is 0.628. The monoisotopic (exact) mass is 211 g/mol. The fraction of sp³-hybridized carbons (Fsp3) is 0. The lowest BCUT2D eigenvalue weighted by atomic mass is 10.1. The summed E-state index contributed by atoms with van der Waals surface area (Å²) >= 11 is 0. The molecule has 0 unspecified atom stereocenters. The minimum Gasteiger partial charge on any atom is -0.317 e. The van der Waals surface area contributed by atoms with E-state index in [1.807, 2.05) is 42.6 Å². The van der Waals surface area contributed by atoms with E-state index < -0.39 is 0 Å². The number of fused-ring (bicyclic) bond motifs is 1. The molecule has 0 aliphatic heterocycles. The normalized spacial score (nSPS) is 10.8. The minimum atomic E-state index is -0.205. The van der Waals surface area contributed by atoms with Crippen LogP contribution in [0, 0.1) is 5.82 Å². The summed E-state index contributed by atoms with van der Waals surface area (Å²) in [5.74, 6) is -0.205. The number of rotatable bonds is 1. The van der Waals surface area contributed by atoms with Crippen LogP contribution in [0.15, 0.2) is 60.8 Å². The van der Waals surface area contributed by atoms with E-state index in [4.69, 9.17) is 0 Å². The van der Waals surface area contributed by atoms with Crippen LogP contribution in [-0.2, 0) is 0 Å². The third-order valence-corrected chi connectivity index (χ3v) is 2.68. The number of hydrogen-bond donors (Lipinski definition) is 0. The van der Waals surface area contributed by atoms with Crippen molar-refractivity contribution in [1.82, 2.24) is 4.40 Å². The molecule has 0 amide bonds. The second kappa shape index (κ2) is 3.49. The van der Waals surface area contributed by atoms with Crippen molar-refractivity contribution in [2.45, 2.75) is 0 Å². The van der Waals surface area contributed by atoms with E-state index in [-0.39, 0.29) is 5.82 Å². The van der Waals surface area contributed by atoms with Crippen LogP contribution in [-0.4, -0.2) is 4.40 Å². The van der Waals surface area contributed by atoms with Gasteiger partial charge in [-0.3, -0.25) is 0 Å². The predicted molar refractivity (Wildman–Crippen MR) is 62.8 cm³/mol. The molecule has 0 aliphatic rings. The molecule has 0 N–H and O–H groups in total. The zero-order chi connectivity index (χ0) is 11.0. The van der Waals surface area contributed by atoms with Crippen LogP contribution in [0.4, 0.5) is 4.39 Å². The summed E-state index contributed by atoms with van der Waals surface area (Å²) in [6.45, 7) is 0. The number of aromatic nitrogens is 1. The van der Waals surface area contributed by atoms with Crippen molar-refractivity contribution in [2.24, 2.45) is 0 Å². The molecule has 0 bridgehead atoms. The first-order chi connectivity index (χ1) is 7.84. The largest absolute Gasteiger partial charge is 0.317 e. The molecule has 0 spiro atoms. The highest BCUT2D eigenvalue weighted by Crippen LogP contribution is 2.22. The topological polar surface area (TPSA) is 4.41 Å². The van der Waals surface area contributed by atoms with Crippen LogP contribution in [0.3, 0.4) is 0 Å². The fourth-order valence-electron chi connectivity index (χ4n) is 1.94. The molecule has 0 atom stereocenters. The first kappa shape index (κ1) is 9.16. The summed E-state index contributed by atoms with van der Waals surface area (Å²) < 4.78 is 15.2. The molecule has 3 rings (SSSR count). The number of pyridine rings is 1. The maximum absolute atomic E-state index is 13.1.